The Hall–Kier alpha value is -3.61. The highest BCUT2D eigenvalue weighted by molar-refractivity contribution is 5.91. The van der Waals surface area contributed by atoms with E-state index in [4.69, 9.17) is 4.74 Å². The molecule has 0 N–H and O–H groups in total. The molecule has 0 fully saturated rings. The maximum Gasteiger partial charge on any atom is 0.527 e. The lowest BCUT2D eigenvalue weighted by Gasteiger charge is -2.20. The van der Waals surface area contributed by atoms with Gasteiger partial charge in [0, 0.05) is 12.1 Å². The third kappa shape index (κ3) is 6.40. The Bertz CT molecular complexity index is 1290. The number of hydrogen-bond acceptors (Lipinski definition) is 3. The molecule has 0 saturated carbocycles. The van der Waals surface area contributed by atoms with Crippen LogP contribution in [0.5, 0.6) is 5.75 Å². The molecule has 0 atom stereocenters. The van der Waals surface area contributed by atoms with E-state index < -0.39 is 75.5 Å². The summed E-state index contributed by atoms with van der Waals surface area (Å²) in [7, 11) is 0. The standard InChI is InChI=1S/C24H14F10O3/c1-2-3-11-4-5-14(15(25)6-11)22(35)36-13-9-16(26)20(17(27)10-13)12-7-18(28)21(19(29)8-12)23(30,31)37-24(32,33)34/h4-10H,2-3H2,1H3. The summed E-state index contributed by atoms with van der Waals surface area (Å²) in [6, 6.07) is 4.35. The van der Waals surface area contributed by atoms with Crippen molar-refractivity contribution in [3.63, 3.8) is 0 Å². The number of hydrogen-bond donors (Lipinski definition) is 0. The van der Waals surface area contributed by atoms with Gasteiger partial charge in [-0.05, 0) is 41.8 Å². The summed E-state index contributed by atoms with van der Waals surface area (Å²) >= 11 is 0. The molecule has 37 heavy (non-hydrogen) atoms. The molecule has 0 amide bonds. The second-order valence-electron chi connectivity index (χ2n) is 7.60. The molecule has 3 aromatic carbocycles. The third-order valence-electron chi connectivity index (χ3n) is 4.88. The fraction of sp³-hybridized carbons (Fsp3) is 0.208. The number of halogens is 10. The van der Waals surface area contributed by atoms with Crippen molar-refractivity contribution in [2.45, 2.75) is 32.2 Å². The molecule has 0 aliphatic heterocycles. The van der Waals surface area contributed by atoms with Gasteiger partial charge in [0.25, 0.3) is 0 Å². The van der Waals surface area contributed by atoms with E-state index in [1.165, 1.54) is 6.07 Å². The van der Waals surface area contributed by atoms with Gasteiger partial charge < -0.3 is 4.74 Å². The van der Waals surface area contributed by atoms with E-state index in [9.17, 15) is 48.7 Å². The van der Waals surface area contributed by atoms with Crippen molar-refractivity contribution in [3.8, 4) is 16.9 Å². The quantitative estimate of drug-likeness (QED) is 0.174. The fourth-order valence-electron chi connectivity index (χ4n) is 3.41. The first-order valence-electron chi connectivity index (χ1n) is 10.3. The monoisotopic (exact) mass is 540 g/mol. The van der Waals surface area contributed by atoms with Crippen LogP contribution in [-0.2, 0) is 17.3 Å². The zero-order valence-corrected chi connectivity index (χ0v) is 18.5. The van der Waals surface area contributed by atoms with Gasteiger partial charge in [0.1, 0.15) is 40.4 Å². The van der Waals surface area contributed by atoms with Crippen molar-refractivity contribution in [2.75, 3.05) is 0 Å². The third-order valence-corrected chi connectivity index (χ3v) is 4.88. The number of rotatable bonds is 7. The Morgan fingerprint density at radius 2 is 1.35 bits per heavy atom. The van der Waals surface area contributed by atoms with Crippen molar-refractivity contribution in [2.24, 2.45) is 0 Å². The average molecular weight is 540 g/mol. The maximum atomic E-state index is 14.6. The lowest BCUT2D eigenvalue weighted by atomic mass is 10.0. The number of ether oxygens (including phenoxy) is 2. The molecule has 13 heteroatoms. The number of alkyl halides is 5. The molecular weight excluding hydrogens is 526 g/mol. The normalized spacial score (nSPS) is 12.1. The summed E-state index contributed by atoms with van der Waals surface area (Å²) in [6.45, 7) is 1.85. The van der Waals surface area contributed by atoms with Crippen LogP contribution in [0.3, 0.4) is 0 Å². The SMILES string of the molecule is CCCc1ccc(C(=O)Oc2cc(F)c(-c3cc(F)c(C(F)(F)OC(F)(F)F)c(F)c3)c(F)c2)c(F)c1. The molecule has 0 saturated heterocycles. The van der Waals surface area contributed by atoms with Crippen molar-refractivity contribution < 1.29 is 58.2 Å². The summed E-state index contributed by atoms with van der Waals surface area (Å²) in [6.07, 6.45) is -10.2. The highest BCUT2D eigenvalue weighted by Crippen LogP contribution is 2.41. The molecule has 0 aliphatic carbocycles. The average Bonchev–Trinajstić information content (AvgIpc) is 2.71. The molecule has 0 radical (unpaired) electrons. The van der Waals surface area contributed by atoms with E-state index in [0.29, 0.717) is 30.5 Å². The van der Waals surface area contributed by atoms with Gasteiger partial charge in [0.05, 0.1) is 11.1 Å². The van der Waals surface area contributed by atoms with Crippen LogP contribution in [0.1, 0.15) is 34.8 Å². The Labute approximate surface area is 202 Å². The Balaban J connectivity index is 1.92. The van der Waals surface area contributed by atoms with Gasteiger partial charge in [0.2, 0.25) is 0 Å². The molecule has 0 unspecified atom stereocenters. The minimum Gasteiger partial charge on any atom is -0.423 e. The van der Waals surface area contributed by atoms with Gasteiger partial charge >= 0.3 is 18.4 Å². The molecule has 198 valence electrons. The summed E-state index contributed by atoms with van der Waals surface area (Å²) in [5.41, 5.74) is -4.59. The van der Waals surface area contributed by atoms with E-state index >= 15 is 0 Å². The van der Waals surface area contributed by atoms with E-state index in [2.05, 4.69) is 4.74 Å². The molecule has 3 rings (SSSR count). The van der Waals surface area contributed by atoms with Crippen molar-refractivity contribution in [3.05, 3.63) is 88.2 Å². The Morgan fingerprint density at radius 1 is 0.784 bits per heavy atom. The summed E-state index contributed by atoms with van der Waals surface area (Å²) in [5.74, 6) is -10.8. The largest absolute Gasteiger partial charge is 0.527 e. The first kappa shape index (κ1) is 28.0. The molecule has 0 aromatic heterocycles. The fourth-order valence-corrected chi connectivity index (χ4v) is 3.41. The summed E-state index contributed by atoms with van der Waals surface area (Å²) in [4.78, 5) is 12.2. The van der Waals surface area contributed by atoms with Crippen LogP contribution < -0.4 is 4.74 Å². The van der Waals surface area contributed by atoms with Gasteiger partial charge in [-0.1, -0.05) is 19.4 Å². The zero-order valence-electron chi connectivity index (χ0n) is 18.5. The summed E-state index contributed by atoms with van der Waals surface area (Å²) < 4.78 is 143. The smallest absolute Gasteiger partial charge is 0.423 e. The first-order valence-corrected chi connectivity index (χ1v) is 10.3. The second-order valence-corrected chi connectivity index (χ2v) is 7.60. The Morgan fingerprint density at radius 3 is 1.84 bits per heavy atom. The van der Waals surface area contributed by atoms with Crippen LogP contribution in [0.15, 0.2) is 42.5 Å². The minimum absolute atomic E-state index is 0.0353. The molecular formula is C24H14F10O3. The maximum absolute atomic E-state index is 14.6. The van der Waals surface area contributed by atoms with Crippen LogP contribution in [0, 0.1) is 29.1 Å². The molecule has 3 aromatic rings. The van der Waals surface area contributed by atoms with Crippen LogP contribution in [0.4, 0.5) is 43.9 Å². The minimum atomic E-state index is -5.97. The number of aryl methyl sites for hydroxylation is 1. The van der Waals surface area contributed by atoms with Gasteiger partial charge in [-0.25, -0.2) is 31.5 Å². The van der Waals surface area contributed by atoms with Crippen LogP contribution >= 0.6 is 0 Å². The molecule has 0 aliphatic rings. The number of carbonyl (C=O) groups is 1. The summed E-state index contributed by atoms with van der Waals surface area (Å²) in [5, 5.41) is 0. The molecule has 3 nitrogen and oxygen atoms in total. The number of benzene rings is 3. The van der Waals surface area contributed by atoms with Gasteiger partial charge in [-0.2, -0.15) is 8.78 Å². The van der Waals surface area contributed by atoms with E-state index in [1.807, 2.05) is 6.92 Å². The van der Waals surface area contributed by atoms with Gasteiger partial charge in [-0.3, -0.25) is 0 Å². The molecule has 0 spiro atoms. The predicted molar refractivity (Wildman–Crippen MR) is 108 cm³/mol. The van der Waals surface area contributed by atoms with Gasteiger partial charge in [-0.15, -0.1) is 13.2 Å². The van der Waals surface area contributed by atoms with Crippen molar-refractivity contribution >= 4 is 5.97 Å². The zero-order chi connectivity index (χ0) is 27.7. The van der Waals surface area contributed by atoms with Crippen LogP contribution in [0.2, 0.25) is 0 Å². The lowest BCUT2D eigenvalue weighted by molar-refractivity contribution is -0.432. The van der Waals surface area contributed by atoms with Crippen LogP contribution in [0.25, 0.3) is 11.1 Å². The van der Waals surface area contributed by atoms with E-state index in [0.717, 1.165) is 12.1 Å². The highest BCUT2D eigenvalue weighted by Gasteiger charge is 2.49. The number of esters is 1. The molecule has 0 bridgehead atoms. The Kier molecular flexibility index (Phi) is 7.86. The number of carbonyl (C=O) groups excluding carboxylic acids is 1. The topological polar surface area (TPSA) is 35.5 Å². The van der Waals surface area contributed by atoms with Crippen molar-refractivity contribution in [1.82, 2.24) is 0 Å². The van der Waals surface area contributed by atoms with E-state index in [-0.39, 0.29) is 12.1 Å². The lowest BCUT2D eigenvalue weighted by Crippen LogP contribution is -2.29. The second kappa shape index (κ2) is 10.4. The van der Waals surface area contributed by atoms with E-state index in [1.54, 1.807) is 0 Å². The first-order chi connectivity index (χ1) is 17.1. The molecule has 0 heterocycles. The van der Waals surface area contributed by atoms with Crippen molar-refractivity contribution in [1.29, 1.82) is 0 Å². The highest BCUT2D eigenvalue weighted by atomic mass is 19.4. The predicted octanol–water partition coefficient (Wildman–Crippen LogP) is 7.81. The van der Waals surface area contributed by atoms with Gasteiger partial charge in [0.15, 0.2) is 0 Å². The van der Waals surface area contributed by atoms with Crippen LogP contribution in [-0.4, -0.2) is 12.3 Å².